The number of aliphatic hydroxyl groups is 1. The van der Waals surface area contributed by atoms with E-state index >= 15 is 0 Å². The Morgan fingerprint density at radius 1 is 0.627 bits per heavy atom. The van der Waals surface area contributed by atoms with Crippen LogP contribution in [0.5, 0.6) is 5.75 Å². The smallest absolute Gasteiger partial charge is 0.322 e. The Bertz CT molecular complexity index is 1840. The number of nitrogens with two attached hydrogens (primary N) is 1. The second-order valence-electron chi connectivity index (χ2n) is 14.9. The number of rotatable bonds is 24. The van der Waals surface area contributed by atoms with E-state index in [1.807, 2.05) is 0 Å². The minimum absolute atomic E-state index is 0.0326. The van der Waals surface area contributed by atoms with Crippen LogP contribution in [0.4, 0.5) is 0 Å². The van der Waals surface area contributed by atoms with Crippen molar-refractivity contribution in [2.24, 2.45) is 17.6 Å². The fraction of sp³-hybridized carbons (Fsp3) is 0.500. The Labute approximate surface area is 340 Å². The van der Waals surface area contributed by atoms with Gasteiger partial charge in [-0.25, -0.2) is 9.97 Å². The van der Waals surface area contributed by atoms with E-state index in [1.165, 1.54) is 37.2 Å². The number of H-pyrrole nitrogens is 2. The van der Waals surface area contributed by atoms with E-state index in [1.54, 1.807) is 39.8 Å². The molecule has 0 saturated carbocycles. The lowest BCUT2D eigenvalue weighted by molar-refractivity contribution is -0.138. The quantitative estimate of drug-likeness (QED) is 0.0461. The molecule has 0 fully saturated rings. The van der Waals surface area contributed by atoms with E-state index in [-0.39, 0.29) is 49.7 Å². The van der Waals surface area contributed by atoms with Gasteiger partial charge in [-0.1, -0.05) is 39.8 Å². The highest BCUT2D eigenvalue weighted by atomic mass is 16.4. The SMILES string of the molecule is CC(C)C[C@H](NC(=O)[C@H](Cc1c[nH]cn1)NC(=O)[C@H](CC(C)C)NC(=O)[C@H](CO)NC(=O)[C@@H](N)Cc1ccc(O)cc1)C(=O)N[C@@H](Cc1c[nH]cn1)C(=O)NCC(=O)O. The largest absolute Gasteiger partial charge is 0.508 e. The Morgan fingerprint density at radius 3 is 1.47 bits per heavy atom. The number of aromatic amines is 2. The number of amides is 6. The van der Waals surface area contributed by atoms with Crippen LogP contribution < -0.4 is 37.6 Å². The number of carbonyl (C=O) groups excluding carboxylic acids is 6. The van der Waals surface area contributed by atoms with Crippen LogP contribution in [0.15, 0.2) is 49.3 Å². The number of hydrogen-bond donors (Lipinski definition) is 12. The maximum Gasteiger partial charge on any atom is 0.322 e. The number of carbonyl (C=O) groups is 7. The van der Waals surface area contributed by atoms with Gasteiger partial charge in [0.05, 0.1) is 36.7 Å². The molecule has 2 heterocycles. The number of nitrogens with one attached hydrogen (secondary N) is 8. The van der Waals surface area contributed by atoms with Crippen LogP contribution in [0, 0.1) is 11.8 Å². The van der Waals surface area contributed by atoms with Crippen LogP contribution >= 0.6 is 0 Å². The summed E-state index contributed by atoms with van der Waals surface area (Å²) in [6.07, 6.45) is 5.77. The molecule has 0 unspecified atom stereocenters. The highest BCUT2D eigenvalue weighted by Gasteiger charge is 2.34. The summed E-state index contributed by atoms with van der Waals surface area (Å²) in [5.74, 6) is -6.34. The predicted molar refractivity (Wildman–Crippen MR) is 211 cm³/mol. The number of nitrogens with zero attached hydrogens (tertiary/aromatic N) is 2. The van der Waals surface area contributed by atoms with E-state index in [0.29, 0.717) is 17.0 Å². The van der Waals surface area contributed by atoms with Gasteiger partial charge in [-0.15, -0.1) is 0 Å². The van der Waals surface area contributed by atoms with Crippen LogP contribution in [0.3, 0.4) is 0 Å². The molecule has 6 atom stereocenters. The lowest BCUT2D eigenvalue weighted by Crippen LogP contribution is -2.60. The van der Waals surface area contributed by atoms with Gasteiger partial charge in [0.1, 0.15) is 42.5 Å². The topological polar surface area (TPSA) is 336 Å². The number of aromatic hydroxyl groups is 1. The molecule has 3 rings (SSSR count). The molecule has 0 aliphatic carbocycles. The van der Waals surface area contributed by atoms with Crippen LogP contribution in [-0.2, 0) is 52.8 Å². The van der Waals surface area contributed by atoms with Gasteiger partial charge in [0, 0.05) is 25.2 Å². The number of phenolic OH excluding ortho intramolecular Hbond substituents is 1. The Balaban J connectivity index is 1.78. The molecule has 0 aliphatic heterocycles. The Hall–Kier alpha value is -6.35. The summed E-state index contributed by atoms with van der Waals surface area (Å²) >= 11 is 0. The van der Waals surface area contributed by atoms with E-state index < -0.39 is 90.8 Å². The molecule has 1 aromatic carbocycles. The number of hydrogen-bond acceptors (Lipinski definition) is 12. The highest BCUT2D eigenvalue weighted by Crippen LogP contribution is 2.13. The number of aliphatic hydroxyl groups excluding tert-OH is 1. The molecule has 0 saturated heterocycles. The third-order valence-corrected chi connectivity index (χ3v) is 8.84. The summed E-state index contributed by atoms with van der Waals surface area (Å²) in [7, 11) is 0. The van der Waals surface area contributed by atoms with Crippen molar-refractivity contribution >= 4 is 41.4 Å². The van der Waals surface area contributed by atoms with Gasteiger partial charge < -0.3 is 62.9 Å². The number of imidazole rings is 2. The highest BCUT2D eigenvalue weighted by molar-refractivity contribution is 5.97. The second kappa shape index (κ2) is 23.2. The average Bonchev–Trinajstić information content (AvgIpc) is 3.90. The van der Waals surface area contributed by atoms with Crippen molar-refractivity contribution < 1.29 is 48.9 Å². The molecule has 0 aliphatic rings. The van der Waals surface area contributed by atoms with Crippen LogP contribution in [0.2, 0.25) is 0 Å². The first kappa shape index (κ1) is 47.0. The molecule has 0 radical (unpaired) electrons. The van der Waals surface area contributed by atoms with Crippen LogP contribution in [-0.4, -0.2) is 126 Å². The molecule has 322 valence electrons. The monoisotopic (exact) mass is 825 g/mol. The molecule has 21 nitrogen and oxygen atoms in total. The number of carboxylic acid groups (broad SMARTS) is 1. The number of benzene rings is 1. The normalized spacial score (nSPS) is 14.2. The average molecular weight is 826 g/mol. The van der Waals surface area contributed by atoms with Crippen molar-refractivity contribution in [3.05, 3.63) is 66.3 Å². The van der Waals surface area contributed by atoms with Crippen molar-refractivity contribution in [3.8, 4) is 5.75 Å². The number of aliphatic carboxylic acids is 1. The van der Waals surface area contributed by atoms with Gasteiger partial charge in [0.2, 0.25) is 35.4 Å². The maximum absolute atomic E-state index is 14.0. The summed E-state index contributed by atoms with van der Waals surface area (Å²) in [6, 6.07) is -1.66. The van der Waals surface area contributed by atoms with Crippen molar-refractivity contribution in [2.45, 2.75) is 96.1 Å². The van der Waals surface area contributed by atoms with Gasteiger partial charge in [-0.3, -0.25) is 33.6 Å². The summed E-state index contributed by atoms with van der Waals surface area (Å²) in [5, 5.41) is 43.8. The molecule has 21 heteroatoms. The first-order valence-corrected chi connectivity index (χ1v) is 19.1. The van der Waals surface area contributed by atoms with Crippen LogP contribution in [0.25, 0.3) is 0 Å². The van der Waals surface area contributed by atoms with Gasteiger partial charge in [0.15, 0.2) is 0 Å². The lowest BCUT2D eigenvalue weighted by atomic mass is 10.00. The molecule has 0 bridgehead atoms. The lowest BCUT2D eigenvalue weighted by Gasteiger charge is -2.28. The standard InChI is InChI=1S/C38H55N11O10/c1-20(2)9-27(35(56)47-29(12-23-14-40-18-43-23)34(55)42-16-32(52)53)45-37(58)30(13-24-15-41-19-44-24)48-36(57)28(10-21(3)4)46-38(59)31(17-50)49-33(54)26(39)11-22-5-7-25(51)8-6-22/h5-8,14-15,18-21,26-31,50-51H,9-13,16-17,39H2,1-4H3,(H,40,43)(H,41,44)(H,42,55)(H,45,58)(H,46,59)(H,47,56)(H,48,57)(H,49,54)(H,52,53)/t26-,27-,28-,29-,30-,31-/m0/s1. The molecule has 6 amide bonds. The van der Waals surface area contributed by atoms with Crippen molar-refractivity contribution in [1.82, 2.24) is 51.8 Å². The van der Waals surface area contributed by atoms with Gasteiger partial charge in [-0.05, 0) is 48.8 Å². The molecule has 3 aromatic rings. The Morgan fingerprint density at radius 2 is 1.05 bits per heavy atom. The summed E-state index contributed by atoms with van der Waals surface area (Å²) in [6.45, 7) is 5.68. The second-order valence-corrected chi connectivity index (χ2v) is 14.9. The summed E-state index contributed by atoms with van der Waals surface area (Å²) in [5.41, 5.74) is 7.46. The fourth-order valence-corrected chi connectivity index (χ4v) is 5.87. The van der Waals surface area contributed by atoms with Gasteiger partial charge in [0.25, 0.3) is 0 Å². The molecule has 0 spiro atoms. The minimum atomic E-state index is -1.49. The number of aromatic nitrogens is 4. The molecule has 2 aromatic heterocycles. The van der Waals surface area contributed by atoms with E-state index in [4.69, 9.17) is 10.8 Å². The van der Waals surface area contributed by atoms with Crippen LogP contribution in [0.1, 0.15) is 57.5 Å². The summed E-state index contributed by atoms with van der Waals surface area (Å²) < 4.78 is 0. The maximum atomic E-state index is 14.0. The van der Waals surface area contributed by atoms with E-state index in [0.717, 1.165) is 0 Å². The summed E-state index contributed by atoms with van der Waals surface area (Å²) in [4.78, 5) is 106. The zero-order valence-corrected chi connectivity index (χ0v) is 33.4. The predicted octanol–water partition coefficient (Wildman–Crippen LogP) is -2.10. The number of carboxylic acids is 1. The molecule has 13 N–H and O–H groups in total. The van der Waals surface area contributed by atoms with Gasteiger partial charge >= 0.3 is 5.97 Å². The first-order valence-electron chi connectivity index (χ1n) is 19.1. The third kappa shape index (κ3) is 16.2. The van der Waals surface area contributed by atoms with Crippen molar-refractivity contribution in [2.75, 3.05) is 13.2 Å². The Kier molecular flexibility index (Phi) is 18.5. The molecular formula is C38H55N11O10. The first-order chi connectivity index (χ1) is 27.9. The van der Waals surface area contributed by atoms with E-state index in [2.05, 4.69) is 51.8 Å². The van der Waals surface area contributed by atoms with Crippen molar-refractivity contribution in [1.29, 1.82) is 0 Å². The number of phenols is 1. The van der Waals surface area contributed by atoms with Gasteiger partial charge in [-0.2, -0.15) is 0 Å². The fourth-order valence-electron chi connectivity index (χ4n) is 5.87. The molecule has 59 heavy (non-hydrogen) atoms. The zero-order valence-electron chi connectivity index (χ0n) is 33.4. The third-order valence-electron chi connectivity index (χ3n) is 8.84. The van der Waals surface area contributed by atoms with Crippen molar-refractivity contribution in [3.63, 3.8) is 0 Å². The van der Waals surface area contributed by atoms with E-state index in [9.17, 15) is 43.8 Å². The minimum Gasteiger partial charge on any atom is -0.508 e. The molecular weight excluding hydrogens is 770 g/mol. The zero-order chi connectivity index (χ0) is 43.6.